The maximum Gasteiger partial charge on any atom is 0.498 e. The van der Waals surface area contributed by atoms with Crippen LogP contribution in [0, 0.1) is 0 Å². The third-order valence-corrected chi connectivity index (χ3v) is 6.52. The second-order valence-corrected chi connectivity index (χ2v) is 11.1. The van der Waals surface area contributed by atoms with E-state index in [0.29, 0.717) is 18.0 Å². The quantitative estimate of drug-likeness (QED) is 0.552. The standard InChI is InChI=1S/C23H36BN5O7/c1-14(27-20(33)34-21(2,3)4)17(30)29-10-9-28(13-16(29)18(31)32)19-25-11-15(12-26-19)24-35-22(5,6)23(7,8)36-24/h11-12,14,16H,9-10,13H2,1-8H3,(H,27,33)(H,31,32)/t14-,16-/m1/s1. The molecule has 0 aliphatic carbocycles. The topological polar surface area (TPSA) is 143 Å². The van der Waals surface area contributed by atoms with Gasteiger partial charge in [-0.3, -0.25) is 4.79 Å². The summed E-state index contributed by atoms with van der Waals surface area (Å²) in [5.41, 5.74) is -1.06. The van der Waals surface area contributed by atoms with Gasteiger partial charge in [0.2, 0.25) is 11.9 Å². The Hall–Kier alpha value is -2.93. The number of nitrogens with zero attached hydrogens (tertiary/aromatic N) is 4. The number of alkyl carbamates (subject to hydrolysis) is 1. The van der Waals surface area contributed by atoms with Crippen LogP contribution in [0.2, 0.25) is 0 Å². The predicted molar refractivity (Wildman–Crippen MR) is 132 cm³/mol. The Balaban J connectivity index is 1.66. The fourth-order valence-electron chi connectivity index (χ4n) is 3.83. The monoisotopic (exact) mass is 505 g/mol. The highest BCUT2D eigenvalue weighted by molar-refractivity contribution is 6.61. The normalized spacial score (nSPS) is 22.2. The molecule has 0 radical (unpaired) electrons. The molecule has 13 heteroatoms. The summed E-state index contributed by atoms with van der Waals surface area (Å²) in [7, 11) is -0.607. The van der Waals surface area contributed by atoms with Crippen molar-refractivity contribution in [3.05, 3.63) is 12.4 Å². The second-order valence-electron chi connectivity index (χ2n) is 11.1. The van der Waals surface area contributed by atoms with Gasteiger partial charge in [-0.15, -0.1) is 0 Å². The number of aliphatic carboxylic acids is 1. The highest BCUT2D eigenvalue weighted by Gasteiger charge is 2.52. The molecule has 198 valence electrons. The summed E-state index contributed by atoms with van der Waals surface area (Å²) in [6, 6.07) is -2.09. The Kier molecular flexibility index (Phi) is 7.57. The number of anilines is 1. The molecule has 2 aliphatic heterocycles. The SMILES string of the molecule is C[C@@H](NC(=O)OC(C)(C)C)C(=O)N1CCN(c2ncc(B3OC(C)(C)C(C)(C)O3)cn2)C[C@@H]1C(=O)O. The number of amides is 2. The maximum absolute atomic E-state index is 13.0. The van der Waals surface area contributed by atoms with Gasteiger partial charge in [-0.1, -0.05) is 0 Å². The molecule has 0 spiro atoms. The molecule has 2 fully saturated rings. The first-order valence-corrected chi connectivity index (χ1v) is 12.0. The van der Waals surface area contributed by atoms with E-state index < -0.39 is 54.0 Å². The largest absolute Gasteiger partial charge is 0.498 e. The molecule has 12 nitrogen and oxygen atoms in total. The fourth-order valence-corrected chi connectivity index (χ4v) is 3.83. The van der Waals surface area contributed by atoms with Crippen LogP contribution in [0.5, 0.6) is 0 Å². The molecule has 0 saturated carbocycles. The van der Waals surface area contributed by atoms with Crippen molar-refractivity contribution in [1.82, 2.24) is 20.2 Å². The highest BCUT2D eigenvalue weighted by Crippen LogP contribution is 2.36. The van der Waals surface area contributed by atoms with Crippen LogP contribution in [-0.2, 0) is 23.6 Å². The van der Waals surface area contributed by atoms with Gasteiger partial charge in [0, 0.05) is 30.9 Å². The number of nitrogens with one attached hydrogen (secondary N) is 1. The fraction of sp³-hybridized carbons (Fsp3) is 0.696. The van der Waals surface area contributed by atoms with E-state index in [2.05, 4.69) is 15.3 Å². The van der Waals surface area contributed by atoms with Gasteiger partial charge in [0.1, 0.15) is 17.7 Å². The average Bonchev–Trinajstić information content (AvgIpc) is 2.98. The molecule has 2 saturated heterocycles. The zero-order valence-corrected chi connectivity index (χ0v) is 22.2. The van der Waals surface area contributed by atoms with E-state index in [9.17, 15) is 19.5 Å². The lowest BCUT2D eigenvalue weighted by Crippen LogP contribution is -2.62. The van der Waals surface area contributed by atoms with E-state index in [4.69, 9.17) is 14.0 Å². The summed E-state index contributed by atoms with van der Waals surface area (Å²) in [6.45, 7) is 14.9. The molecule has 1 aromatic heterocycles. The van der Waals surface area contributed by atoms with Crippen LogP contribution in [0.3, 0.4) is 0 Å². The molecule has 2 aliphatic rings. The number of piperazine rings is 1. The molecule has 0 unspecified atom stereocenters. The van der Waals surface area contributed by atoms with Crippen molar-refractivity contribution in [1.29, 1.82) is 0 Å². The number of ether oxygens (including phenoxy) is 1. The molecule has 0 bridgehead atoms. The number of hydrogen-bond acceptors (Lipinski definition) is 9. The second kappa shape index (κ2) is 9.85. The minimum absolute atomic E-state index is 0.00390. The lowest BCUT2D eigenvalue weighted by molar-refractivity contribution is -0.151. The van der Waals surface area contributed by atoms with Gasteiger partial charge in [0.15, 0.2) is 0 Å². The molecule has 2 amide bonds. The van der Waals surface area contributed by atoms with E-state index in [-0.39, 0.29) is 13.1 Å². The van der Waals surface area contributed by atoms with Crippen LogP contribution in [0.25, 0.3) is 0 Å². The van der Waals surface area contributed by atoms with Gasteiger partial charge >= 0.3 is 19.2 Å². The van der Waals surface area contributed by atoms with Gasteiger partial charge in [-0.2, -0.15) is 0 Å². The van der Waals surface area contributed by atoms with Crippen LogP contribution >= 0.6 is 0 Å². The highest BCUT2D eigenvalue weighted by atomic mass is 16.7. The number of carbonyl (C=O) groups excluding carboxylic acids is 2. The van der Waals surface area contributed by atoms with Crippen molar-refractivity contribution in [3.8, 4) is 0 Å². The van der Waals surface area contributed by atoms with Crippen LogP contribution in [-0.4, -0.2) is 93.6 Å². The van der Waals surface area contributed by atoms with Gasteiger partial charge in [-0.05, 0) is 55.4 Å². The summed E-state index contributed by atoms with van der Waals surface area (Å²) < 4.78 is 17.2. The van der Waals surface area contributed by atoms with Gasteiger partial charge in [0.25, 0.3) is 0 Å². The van der Waals surface area contributed by atoms with Crippen LogP contribution in [0.4, 0.5) is 10.7 Å². The molecule has 0 aromatic carbocycles. The number of carbonyl (C=O) groups is 3. The Morgan fingerprint density at radius 1 is 1.14 bits per heavy atom. The van der Waals surface area contributed by atoms with Crippen LogP contribution in [0.1, 0.15) is 55.4 Å². The molecule has 2 atom stereocenters. The van der Waals surface area contributed by atoms with E-state index in [1.54, 1.807) is 38.1 Å². The molecule has 2 N–H and O–H groups in total. The lowest BCUT2D eigenvalue weighted by atomic mass is 9.81. The Morgan fingerprint density at radius 3 is 2.19 bits per heavy atom. The van der Waals surface area contributed by atoms with Crippen molar-refractivity contribution in [3.63, 3.8) is 0 Å². The third kappa shape index (κ3) is 6.07. The molecule has 1 aromatic rings. The Bertz CT molecular complexity index is 980. The minimum Gasteiger partial charge on any atom is -0.480 e. The summed E-state index contributed by atoms with van der Waals surface area (Å²) in [6.07, 6.45) is 2.46. The summed E-state index contributed by atoms with van der Waals surface area (Å²) >= 11 is 0. The maximum atomic E-state index is 13.0. The zero-order valence-electron chi connectivity index (χ0n) is 22.2. The average molecular weight is 505 g/mol. The summed E-state index contributed by atoms with van der Waals surface area (Å²) in [5, 5.41) is 12.3. The first kappa shape index (κ1) is 27.7. The summed E-state index contributed by atoms with van der Waals surface area (Å²) in [4.78, 5) is 48.8. The smallest absolute Gasteiger partial charge is 0.480 e. The molecule has 3 heterocycles. The van der Waals surface area contributed by atoms with Crippen molar-refractivity contribution in [2.24, 2.45) is 0 Å². The number of hydrogen-bond donors (Lipinski definition) is 2. The first-order valence-electron chi connectivity index (χ1n) is 12.0. The van der Waals surface area contributed by atoms with Crippen molar-refractivity contribution in [2.75, 3.05) is 24.5 Å². The molecular formula is C23H36BN5O7. The van der Waals surface area contributed by atoms with E-state index in [1.807, 2.05) is 27.7 Å². The molecule has 3 rings (SSSR count). The minimum atomic E-state index is -1.16. The Labute approximate surface area is 211 Å². The Morgan fingerprint density at radius 2 is 1.69 bits per heavy atom. The zero-order chi connectivity index (χ0) is 27.1. The van der Waals surface area contributed by atoms with Gasteiger partial charge in [-0.25, -0.2) is 19.6 Å². The third-order valence-electron chi connectivity index (χ3n) is 6.52. The number of aromatic nitrogens is 2. The van der Waals surface area contributed by atoms with E-state index in [0.717, 1.165) is 0 Å². The molecular weight excluding hydrogens is 469 g/mol. The predicted octanol–water partition coefficient (Wildman–Crippen LogP) is 0.791. The van der Waals surface area contributed by atoms with Crippen molar-refractivity contribution < 1.29 is 33.5 Å². The van der Waals surface area contributed by atoms with Crippen molar-refractivity contribution in [2.45, 2.75) is 84.3 Å². The van der Waals surface area contributed by atoms with Crippen LogP contribution in [0.15, 0.2) is 12.4 Å². The number of carboxylic acids is 1. The number of carboxylic acid groups (broad SMARTS) is 1. The molecule has 36 heavy (non-hydrogen) atoms. The van der Waals surface area contributed by atoms with Crippen molar-refractivity contribution >= 4 is 36.5 Å². The van der Waals surface area contributed by atoms with Gasteiger partial charge < -0.3 is 34.3 Å². The van der Waals surface area contributed by atoms with E-state index in [1.165, 1.54) is 11.8 Å². The van der Waals surface area contributed by atoms with Crippen LogP contribution < -0.4 is 15.7 Å². The van der Waals surface area contributed by atoms with E-state index >= 15 is 0 Å². The first-order chi connectivity index (χ1) is 16.5. The summed E-state index contributed by atoms with van der Waals surface area (Å²) in [5.74, 6) is -1.33. The van der Waals surface area contributed by atoms with Gasteiger partial charge in [0.05, 0.1) is 17.7 Å². The number of rotatable bonds is 5. The lowest BCUT2D eigenvalue weighted by Gasteiger charge is -2.40.